The maximum Gasteiger partial charge on any atom is 0.118 e. The molecule has 0 atom stereocenters. The second kappa shape index (κ2) is 6.04. The van der Waals surface area contributed by atoms with Gasteiger partial charge in [-0.05, 0) is 28.8 Å². The van der Waals surface area contributed by atoms with Crippen molar-refractivity contribution < 1.29 is 4.74 Å². The maximum atomic E-state index is 9.23. The lowest BCUT2D eigenvalue weighted by Gasteiger charge is -2.30. The minimum Gasteiger partial charge on any atom is -0.497 e. The van der Waals surface area contributed by atoms with Gasteiger partial charge in [0.1, 0.15) is 11.3 Å². The van der Waals surface area contributed by atoms with Gasteiger partial charge in [0.2, 0.25) is 0 Å². The van der Waals surface area contributed by atoms with Crippen LogP contribution in [0.25, 0.3) is 0 Å². The molecular formula is C20H18NO. The summed E-state index contributed by atoms with van der Waals surface area (Å²) in [5.41, 5.74) is 11.1. The van der Waals surface area contributed by atoms with Gasteiger partial charge in [-0.1, -0.05) is 72.8 Å². The zero-order chi connectivity index (χ0) is 15.4. The van der Waals surface area contributed by atoms with Crippen LogP contribution >= 0.6 is 0 Å². The van der Waals surface area contributed by atoms with Gasteiger partial charge in [0.15, 0.2) is 0 Å². The zero-order valence-corrected chi connectivity index (χ0v) is 12.5. The summed E-state index contributed by atoms with van der Waals surface area (Å²) in [5, 5.41) is 0. The second-order valence-electron chi connectivity index (χ2n) is 5.21. The number of methoxy groups -OCH3 is 1. The molecule has 3 aromatic rings. The fourth-order valence-corrected chi connectivity index (χ4v) is 2.72. The van der Waals surface area contributed by atoms with Gasteiger partial charge in [-0.2, -0.15) is 0 Å². The van der Waals surface area contributed by atoms with E-state index < -0.39 is 5.54 Å². The summed E-state index contributed by atoms with van der Waals surface area (Å²) in [6.45, 7) is 0. The van der Waals surface area contributed by atoms with Crippen molar-refractivity contribution >= 4 is 0 Å². The normalized spacial score (nSPS) is 11.2. The molecule has 0 aliphatic rings. The predicted octanol–water partition coefficient (Wildman–Crippen LogP) is 4.27. The van der Waals surface area contributed by atoms with E-state index in [1.807, 2.05) is 84.9 Å². The van der Waals surface area contributed by atoms with E-state index in [1.165, 1.54) is 0 Å². The van der Waals surface area contributed by atoms with Crippen LogP contribution in [0.5, 0.6) is 5.75 Å². The van der Waals surface area contributed by atoms with Gasteiger partial charge in [-0.15, -0.1) is 0 Å². The molecule has 0 aliphatic heterocycles. The van der Waals surface area contributed by atoms with Gasteiger partial charge < -0.3 is 4.74 Å². The highest BCUT2D eigenvalue weighted by atomic mass is 16.5. The minimum atomic E-state index is -0.936. The topological polar surface area (TPSA) is 33.0 Å². The molecular weight excluding hydrogens is 270 g/mol. The molecule has 2 heteroatoms. The van der Waals surface area contributed by atoms with E-state index in [-0.39, 0.29) is 0 Å². The highest BCUT2D eigenvalue weighted by Gasteiger charge is 2.32. The molecule has 0 aliphatic carbocycles. The first-order chi connectivity index (χ1) is 10.7. The molecule has 1 N–H and O–H groups in total. The van der Waals surface area contributed by atoms with Crippen molar-refractivity contribution in [3.8, 4) is 5.75 Å². The number of nitrogens with one attached hydrogen (secondary N) is 1. The lowest BCUT2D eigenvalue weighted by molar-refractivity contribution is 0.414. The maximum absolute atomic E-state index is 9.23. The van der Waals surface area contributed by atoms with Crippen LogP contribution in [0.1, 0.15) is 16.7 Å². The molecule has 2 nitrogen and oxygen atoms in total. The van der Waals surface area contributed by atoms with Gasteiger partial charge >= 0.3 is 0 Å². The molecule has 1 radical (unpaired) electrons. The fraction of sp³-hybridized carbons (Fsp3) is 0.100. The molecule has 3 aromatic carbocycles. The molecule has 0 unspecified atom stereocenters. The molecule has 0 fully saturated rings. The highest BCUT2D eigenvalue weighted by molar-refractivity contribution is 5.49. The lowest BCUT2D eigenvalue weighted by Crippen LogP contribution is -2.30. The van der Waals surface area contributed by atoms with Crippen molar-refractivity contribution in [3.05, 3.63) is 102 Å². The van der Waals surface area contributed by atoms with Gasteiger partial charge in [-0.25, -0.2) is 5.73 Å². The SMILES string of the molecule is COc1ccc(C([NH])(c2ccccc2)c2ccccc2)cc1. The minimum absolute atomic E-state index is 0.798. The van der Waals surface area contributed by atoms with Crippen LogP contribution in [0.3, 0.4) is 0 Å². The lowest BCUT2D eigenvalue weighted by atomic mass is 9.78. The molecule has 109 valence electrons. The van der Waals surface area contributed by atoms with Crippen LogP contribution in [0.15, 0.2) is 84.9 Å². The van der Waals surface area contributed by atoms with Gasteiger partial charge in [-0.3, -0.25) is 0 Å². The van der Waals surface area contributed by atoms with Crippen molar-refractivity contribution in [1.82, 2.24) is 5.73 Å². The summed E-state index contributed by atoms with van der Waals surface area (Å²) in [6.07, 6.45) is 0. The number of hydrogen-bond donors (Lipinski definition) is 0. The first-order valence-corrected chi connectivity index (χ1v) is 7.26. The monoisotopic (exact) mass is 288 g/mol. The quantitative estimate of drug-likeness (QED) is 0.660. The van der Waals surface area contributed by atoms with Gasteiger partial charge in [0, 0.05) is 0 Å². The van der Waals surface area contributed by atoms with E-state index in [2.05, 4.69) is 0 Å². The van der Waals surface area contributed by atoms with E-state index in [0.717, 1.165) is 22.4 Å². The average Bonchev–Trinajstić information content (AvgIpc) is 2.62. The largest absolute Gasteiger partial charge is 0.497 e. The Balaban J connectivity index is 2.18. The van der Waals surface area contributed by atoms with Crippen LogP contribution in [0.2, 0.25) is 0 Å². The third-order valence-corrected chi connectivity index (χ3v) is 3.94. The van der Waals surface area contributed by atoms with Crippen molar-refractivity contribution in [2.24, 2.45) is 0 Å². The predicted molar refractivity (Wildman–Crippen MR) is 88.9 cm³/mol. The fourth-order valence-electron chi connectivity index (χ4n) is 2.72. The van der Waals surface area contributed by atoms with E-state index in [0.29, 0.717) is 0 Å². The third-order valence-electron chi connectivity index (χ3n) is 3.94. The number of hydrogen-bond acceptors (Lipinski definition) is 1. The summed E-state index contributed by atoms with van der Waals surface area (Å²) in [4.78, 5) is 0. The van der Waals surface area contributed by atoms with Crippen LogP contribution in [0.4, 0.5) is 0 Å². The molecule has 0 bridgehead atoms. The molecule has 0 heterocycles. The summed E-state index contributed by atoms with van der Waals surface area (Å²) in [7, 11) is 1.65. The van der Waals surface area contributed by atoms with Crippen molar-refractivity contribution in [1.29, 1.82) is 0 Å². The van der Waals surface area contributed by atoms with Gasteiger partial charge in [0.25, 0.3) is 0 Å². The summed E-state index contributed by atoms with van der Waals surface area (Å²) in [6, 6.07) is 27.6. The summed E-state index contributed by atoms with van der Waals surface area (Å²) in [5.74, 6) is 0.798. The number of benzene rings is 3. The standard InChI is InChI=1S/C20H18NO/c1-22-19-14-12-18(13-15-19)20(21,16-8-4-2-5-9-16)17-10-6-3-7-11-17/h2-15,21H,1H3. The van der Waals surface area contributed by atoms with E-state index >= 15 is 0 Å². The summed E-state index contributed by atoms with van der Waals surface area (Å²) < 4.78 is 5.23. The van der Waals surface area contributed by atoms with Crippen LogP contribution in [0, 0.1) is 0 Å². The Hall–Kier alpha value is -2.58. The van der Waals surface area contributed by atoms with Crippen LogP contribution in [-0.4, -0.2) is 7.11 Å². The van der Waals surface area contributed by atoms with Crippen molar-refractivity contribution in [2.75, 3.05) is 7.11 Å². The third kappa shape index (κ3) is 2.49. The van der Waals surface area contributed by atoms with E-state index in [1.54, 1.807) is 7.11 Å². The van der Waals surface area contributed by atoms with Gasteiger partial charge in [0.05, 0.1) is 7.11 Å². The Labute approximate surface area is 131 Å². The molecule has 0 saturated carbocycles. The van der Waals surface area contributed by atoms with E-state index in [9.17, 15) is 5.73 Å². The Kier molecular flexibility index (Phi) is 3.94. The molecule has 0 spiro atoms. The highest BCUT2D eigenvalue weighted by Crippen LogP contribution is 2.36. The Bertz CT molecular complexity index is 681. The first-order valence-electron chi connectivity index (χ1n) is 7.26. The summed E-state index contributed by atoms with van der Waals surface area (Å²) >= 11 is 0. The van der Waals surface area contributed by atoms with Crippen LogP contribution < -0.4 is 10.5 Å². The van der Waals surface area contributed by atoms with E-state index in [4.69, 9.17) is 4.74 Å². The molecule has 0 amide bonds. The molecule has 22 heavy (non-hydrogen) atoms. The Morgan fingerprint density at radius 1 is 0.636 bits per heavy atom. The molecule has 3 rings (SSSR count). The van der Waals surface area contributed by atoms with Crippen molar-refractivity contribution in [3.63, 3.8) is 0 Å². The molecule has 0 saturated heterocycles. The zero-order valence-electron chi connectivity index (χ0n) is 12.5. The average molecular weight is 288 g/mol. The van der Waals surface area contributed by atoms with Crippen molar-refractivity contribution in [2.45, 2.75) is 5.54 Å². The second-order valence-corrected chi connectivity index (χ2v) is 5.21. The number of ether oxygens (including phenoxy) is 1. The molecule has 0 aromatic heterocycles. The number of rotatable bonds is 4. The first kappa shape index (κ1) is 14.4. The Morgan fingerprint density at radius 2 is 1.05 bits per heavy atom. The Morgan fingerprint density at radius 3 is 1.45 bits per heavy atom. The smallest absolute Gasteiger partial charge is 0.118 e. The van der Waals surface area contributed by atoms with Crippen LogP contribution in [-0.2, 0) is 5.54 Å².